The highest BCUT2D eigenvalue weighted by Crippen LogP contribution is 2.26. The highest BCUT2D eigenvalue weighted by atomic mass is 16.5. The maximum absolute atomic E-state index is 12.8. The monoisotopic (exact) mass is 336 g/mol. The van der Waals surface area contributed by atoms with E-state index in [1.807, 2.05) is 29.2 Å². The summed E-state index contributed by atoms with van der Waals surface area (Å²) in [6, 6.07) is 16.4. The van der Waals surface area contributed by atoms with Gasteiger partial charge in [-0.1, -0.05) is 30.3 Å². The second-order valence-electron chi connectivity index (χ2n) is 6.83. The van der Waals surface area contributed by atoms with Gasteiger partial charge in [-0.05, 0) is 42.2 Å². The Labute approximate surface area is 149 Å². The fraction of sp³-hybridized carbons (Fsp3) is 0.381. The molecule has 4 heteroatoms. The van der Waals surface area contributed by atoms with Crippen molar-refractivity contribution in [2.45, 2.75) is 19.4 Å². The number of hydrogen-bond donors (Lipinski definition) is 0. The second kappa shape index (κ2) is 7.28. The van der Waals surface area contributed by atoms with Gasteiger partial charge in [0.1, 0.15) is 5.75 Å². The predicted octanol–water partition coefficient (Wildman–Crippen LogP) is 2.97. The summed E-state index contributed by atoms with van der Waals surface area (Å²) in [5.74, 6) is 1.09. The molecule has 0 spiro atoms. The van der Waals surface area contributed by atoms with Gasteiger partial charge in [0.15, 0.2) is 0 Å². The first kappa shape index (κ1) is 16.2. The molecule has 0 N–H and O–H groups in total. The first-order chi connectivity index (χ1) is 12.3. The molecule has 2 aliphatic heterocycles. The summed E-state index contributed by atoms with van der Waals surface area (Å²) in [7, 11) is 0. The zero-order valence-electron chi connectivity index (χ0n) is 14.5. The third-order valence-electron chi connectivity index (χ3n) is 5.06. The van der Waals surface area contributed by atoms with Gasteiger partial charge in [0.25, 0.3) is 5.91 Å². The minimum atomic E-state index is 0.146. The van der Waals surface area contributed by atoms with Crippen LogP contribution in [-0.4, -0.2) is 48.5 Å². The zero-order valence-corrected chi connectivity index (χ0v) is 14.5. The molecule has 0 unspecified atom stereocenters. The molecule has 130 valence electrons. The van der Waals surface area contributed by atoms with Crippen molar-refractivity contribution in [2.75, 3.05) is 32.8 Å². The van der Waals surface area contributed by atoms with Gasteiger partial charge < -0.3 is 9.64 Å². The highest BCUT2D eigenvalue weighted by Gasteiger charge is 2.23. The van der Waals surface area contributed by atoms with Crippen molar-refractivity contribution in [1.29, 1.82) is 0 Å². The van der Waals surface area contributed by atoms with E-state index in [2.05, 4.69) is 29.2 Å². The summed E-state index contributed by atoms with van der Waals surface area (Å²) >= 11 is 0. The Kier molecular flexibility index (Phi) is 4.70. The molecule has 0 radical (unpaired) electrons. The quantitative estimate of drug-likeness (QED) is 0.864. The topological polar surface area (TPSA) is 32.8 Å². The van der Waals surface area contributed by atoms with Gasteiger partial charge in [-0.2, -0.15) is 0 Å². The molecule has 4 nitrogen and oxygen atoms in total. The lowest BCUT2D eigenvalue weighted by atomic mass is 10.0. The number of ether oxygens (including phenoxy) is 1. The molecule has 1 amide bonds. The van der Waals surface area contributed by atoms with Crippen LogP contribution in [0.5, 0.6) is 5.75 Å². The summed E-state index contributed by atoms with van der Waals surface area (Å²) in [6.07, 6.45) is 2.03. The number of nitrogens with zero attached hydrogens (tertiary/aromatic N) is 2. The molecule has 1 fully saturated rings. The number of fused-ring (bicyclic) bond motifs is 1. The Morgan fingerprint density at radius 2 is 1.80 bits per heavy atom. The van der Waals surface area contributed by atoms with E-state index in [0.29, 0.717) is 0 Å². The van der Waals surface area contributed by atoms with Crippen LogP contribution in [0.2, 0.25) is 0 Å². The minimum Gasteiger partial charge on any atom is -0.493 e. The van der Waals surface area contributed by atoms with Crippen LogP contribution in [0.15, 0.2) is 48.5 Å². The third kappa shape index (κ3) is 3.69. The Morgan fingerprint density at radius 1 is 1.00 bits per heavy atom. The average Bonchev–Trinajstić information content (AvgIpc) is 2.68. The first-order valence-corrected chi connectivity index (χ1v) is 9.11. The number of carbonyl (C=O) groups is 1. The van der Waals surface area contributed by atoms with E-state index in [1.54, 1.807) is 0 Å². The maximum Gasteiger partial charge on any atom is 0.253 e. The molecule has 0 saturated carbocycles. The van der Waals surface area contributed by atoms with E-state index in [4.69, 9.17) is 4.74 Å². The van der Waals surface area contributed by atoms with Crippen LogP contribution in [0.1, 0.15) is 27.9 Å². The molecule has 0 aromatic heterocycles. The lowest BCUT2D eigenvalue weighted by Crippen LogP contribution is -2.48. The Bertz CT molecular complexity index is 737. The first-order valence-electron chi connectivity index (χ1n) is 9.11. The number of piperazine rings is 1. The molecule has 2 heterocycles. The van der Waals surface area contributed by atoms with Gasteiger partial charge in [-0.25, -0.2) is 0 Å². The standard InChI is InChI=1S/C21H24N2O2/c24-21(19-8-9-20-18(15-19)7-4-14-25-20)23-12-10-22(11-13-23)16-17-5-2-1-3-6-17/h1-3,5-6,8-9,15H,4,7,10-14,16H2. The SMILES string of the molecule is O=C(c1ccc2c(c1)CCCO2)N1CCN(Cc2ccccc2)CC1. The van der Waals surface area contributed by atoms with Crippen LogP contribution in [0, 0.1) is 0 Å². The molecular formula is C21H24N2O2. The molecule has 25 heavy (non-hydrogen) atoms. The predicted molar refractivity (Wildman–Crippen MR) is 97.9 cm³/mol. The van der Waals surface area contributed by atoms with Crippen molar-refractivity contribution in [3.05, 3.63) is 65.2 Å². The molecule has 0 bridgehead atoms. The fourth-order valence-electron chi connectivity index (χ4n) is 3.63. The Morgan fingerprint density at radius 3 is 2.60 bits per heavy atom. The van der Waals surface area contributed by atoms with Gasteiger partial charge >= 0.3 is 0 Å². The van der Waals surface area contributed by atoms with E-state index >= 15 is 0 Å². The van der Waals surface area contributed by atoms with Gasteiger partial charge in [0, 0.05) is 38.3 Å². The molecule has 0 aliphatic carbocycles. The van der Waals surface area contributed by atoms with Gasteiger partial charge in [0.2, 0.25) is 0 Å². The van der Waals surface area contributed by atoms with Crippen molar-refractivity contribution >= 4 is 5.91 Å². The van der Waals surface area contributed by atoms with Crippen molar-refractivity contribution in [1.82, 2.24) is 9.80 Å². The molecule has 1 saturated heterocycles. The minimum absolute atomic E-state index is 0.146. The summed E-state index contributed by atoms with van der Waals surface area (Å²) in [4.78, 5) is 17.2. The van der Waals surface area contributed by atoms with Crippen molar-refractivity contribution in [3.63, 3.8) is 0 Å². The third-order valence-corrected chi connectivity index (χ3v) is 5.06. The van der Waals surface area contributed by atoms with Crippen LogP contribution >= 0.6 is 0 Å². The van der Waals surface area contributed by atoms with Gasteiger partial charge in [-0.3, -0.25) is 9.69 Å². The van der Waals surface area contributed by atoms with Crippen LogP contribution in [-0.2, 0) is 13.0 Å². The zero-order chi connectivity index (χ0) is 17.1. The fourth-order valence-corrected chi connectivity index (χ4v) is 3.63. The number of aryl methyl sites for hydroxylation is 1. The summed E-state index contributed by atoms with van der Waals surface area (Å²) in [6.45, 7) is 5.17. The summed E-state index contributed by atoms with van der Waals surface area (Å²) in [5, 5.41) is 0. The highest BCUT2D eigenvalue weighted by molar-refractivity contribution is 5.94. The van der Waals surface area contributed by atoms with E-state index in [-0.39, 0.29) is 5.91 Å². The van der Waals surface area contributed by atoms with E-state index in [0.717, 1.165) is 63.5 Å². The second-order valence-corrected chi connectivity index (χ2v) is 6.83. The molecule has 0 atom stereocenters. The molecule has 2 aromatic rings. The largest absolute Gasteiger partial charge is 0.493 e. The molecule has 4 rings (SSSR count). The normalized spacial score (nSPS) is 17.7. The van der Waals surface area contributed by atoms with E-state index < -0.39 is 0 Å². The molecule has 2 aliphatic rings. The van der Waals surface area contributed by atoms with Crippen molar-refractivity contribution in [3.8, 4) is 5.75 Å². The van der Waals surface area contributed by atoms with Crippen LogP contribution in [0.3, 0.4) is 0 Å². The number of benzene rings is 2. The average molecular weight is 336 g/mol. The summed E-state index contributed by atoms with van der Waals surface area (Å²) < 4.78 is 5.64. The number of hydrogen-bond acceptors (Lipinski definition) is 3. The van der Waals surface area contributed by atoms with Crippen LogP contribution < -0.4 is 4.74 Å². The lowest BCUT2D eigenvalue weighted by Gasteiger charge is -2.35. The van der Waals surface area contributed by atoms with E-state index in [9.17, 15) is 4.79 Å². The lowest BCUT2D eigenvalue weighted by molar-refractivity contribution is 0.0628. The Hall–Kier alpha value is -2.33. The Balaban J connectivity index is 1.36. The van der Waals surface area contributed by atoms with Crippen LogP contribution in [0.4, 0.5) is 0 Å². The number of carbonyl (C=O) groups excluding carboxylic acids is 1. The number of rotatable bonds is 3. The number of amides is 1. The van der Waals surface area contributed by atoms with Gasteiger partial charge in [-0.15, -0.1) is 0 Å². The smallest absolute Gasteiger partial charge is 0.253 e. The maximum atomic E-state index is 12.8. The molecule has 2 aromatic carbocycles. The van der Waals surface area contributed by atoms with Crippen molar-refractivity contribution in [2.24, 2.45) is 0 Å². The van der Waals surface area contributed by atoms with Crippen molar-refractivity contribution < 1.29 is 9.53 Å². The molecular weight excluding hydrogens is 312 g/mol. The van der Waals surface area contributed by atoms with E-state index in [1.165, 1.54) is 11.1 Å². The summed E-state index contributed by atoms with van der Waals surface area (Å²) in [5.41, 5.74) is 3.29. The van der Waals surface area contributed by atoms with Crippen LogP contribution in [0.25, 0.3) is 0 Å². The van der Waals surface area contributed by atoms with Gasteiger partial charge in [0.05, 0.1) is 6.61 Å².